The Labute approximate surface area is 147 Å². The van der Waals surface area contributed by atoms with Crippen molar-refractivity contribution in [1.82, 2.24) is 9.97 Å². The van der Waals surface area contributed by atoms with Crippen molar-refractivity contribution in [2.24, 2.45) is 5.92 Å². The predicted octanol–water partition coefficient (Wildman–Crippen LogP) is 4.73. The highest BCUT2D eigenvalue weighted by Gasteiger charge is 2.25. The summed E-state index contributed by atoms with van der Waals surface area (Å²) in [5.41, 5.74) is 2.23. The number of nitrogens with one attached hydrogen (secondary N) is 1. The molecular formula is C19H22N4S. The normalized spacial score (nSPS) is 13.8. The van der Waals surface area contributed by atoms with Crippen LogP contribution >= 0.6 is 11.8 Å². The number of aromatic nitrogens is 2. The highest BCUT2D eigenvalue weighted by atomic mass is 32.2. The molecular weight excluding hydrogens is 316 g/mol. The summed E-state index contributed by atoms with van der Waals surface area (Å²) in [5, 5.41) is 13.8. The second-order valence-corrected chi connectivity index (χ2v) is 7.57. The molecule has 1 heterocycles. The summed E-state index contributed by atoms with van der Waals surface area (Å²) in [5.74, 6) is 2.33. The smallest absolute Gasteiger partial charge is 0.190 e. The number of hydrogen-bond acceptors (Lipinski definition) is 5. The fourth-order valence-corrected chi connectivity index (χ4v) is 3.41. The molecule has 1 N–H and O–H groups in total. The molecule has 2 aromatic rings. The van der Waals surface area contributed by atoms with E-state index in [1.54, 1.807) is 11.8 Å². The Morgan fingerprint density at radius 2 is 2.00 bits per heavy atom. The third kappa shape index (κ3) is 4.27. The fourth-order valence-electron chi connectivity index (χ4n) is 2.33. The molecule has 5 heteroatoms. The first-order chi connectivity index (χ1) is 11.7. The number of anilines is 1. The summed E-state index contributed by atoms with van der Waals surface area (Å²) in [7, 11) is 0. The first-order valence-corrected chi connectivity index (χ1v) is 9.43. The highest BCUT2D eigenvalue weighted by molar-refractivity contribution is 7.99. The van der Waals surface area contributed by atoms with Crippen molar-refractivity contribution in [3.05, 3.63) is 35.9 Å². The minimum atomic E-state index is 0.448. The number of rotatable bonds is 7. The third-order valence-corrected chi connectivity index (χ3v) is 4.77. The quantitative estimate of drug-likeness (QED) is 0.584. The number of benzene rings is 1. The summed E-state index contributed by atoms with van der Waals surface area (Å²) in [6.07, 6.45) is 3.41. The first kappa shape index (κ1) is 16.8. The SMILES string of the molecule is CC(C)CCSc1nc(NC2CC2)c(C#N)c(-c2ccccc2)n1. The van der Waals surface area contributed by atoms with Crippen LogP contribution in [0.4, 0.5) is 5.82 Å². The van der Waals surface area contributed by atoms with Gasteiger partial charge in [-0.3, -0.25) is 0 Å². The van der Waals surface area contributed by atoms with Crippen molar-refractivity contribution in [1.29, 1.82) is 5.26 Å². The van der Waals surface area contributed by atoms with E-state index in [2.05, 4.69) is 35.2 Å². The summed E-state index contributed by atoms with van der Waals surface area (Å²) < 4.78 is 0. The van der Waals surface area contributed by atoms with E-state index in [-0.39, 0.29) is 0 Å². The average molecular weight is 338 g/mol. The van der Waals surface area contributed by atoms with E-state index >= 15 is 0 Å². The maximum atomic E-state index is 9.66. The van der Waals surface area contributed by atoms with Crippen LogP contribution in [-0.4, -0.2) is 21.8 Å². The molecule has 0 bridgehead atoms. The van der Waals surface area contributed by atoms with E-state index in [1.165, 1.54) is 0 Å². The van der Waals surface area contributed by atoms with Gasteiger partial charge in [-0.2, -0.15) is 5.26 Å². The zero-order valence-corrected chi connectivity index (χ0v) is 14.9. The van der Waals surface area contributed by atoms with Gasteiger partial charge in [0.25, 0.3) is 0 Å². The fraction of sp³-hybridized carbons (Fsp3) is 0.421. The Balaban J connectivity index is 1.96. The summed E-state index contributed by atoms with van der Waals surface area (Å²) in [4.78, 5) is 9.31. The van der Waals surface area contributed by atoms with Gasteiger partial charge in [0, 0.05) is 17.4 Å². The Kier molecular flexibility index (Phi) is 5.37. The molecule has 0 atom stereocenters. The van der Waals surface area contributed by atoms with Crippen LogP contribution in [0.2, 0.25) is 0 Å². The third-order valence-electron chi connectivity index (χ3n) is 3.89. The van der Waals surface area contributed by atoms with Crippen LogP contribution in [0.25, 0.3) is 11.3 Å². The van der Waals surface area contributed by atoms with Gasteiger partial charge in [0.05, 0.1) is 5.69 Å². The average Bonchev–Trinajstić information content (AvgIpc) is 3.39. The van der Waals surface area contributed by atoms with E-state index < -0.39 is 0 Å². The topological polar surface area (TPSA) is 61.6 Å². The Hall–Kier alpha value is -2.06. The Morgan fingerprint density at radius 3 is 2.62 bits per heavy atom. The molecule has 1 fully saturated rings. The molecule has 4 nitrogen and oxygen atoms in total. The van der Waals surface area contributed by atoms with Crippen molar-refractivity contribution in [2.75, 3.05) is 11.1 Å². The number of thioether (sulfide) groups is 1. The van der Waals surface area contributed by atoms with Gasteiger partial charge in [-0.05, 0) is 25.2 Å². The van der Waals surface area contributed by atoms with E-state index in [9.17, 15) is 5.26 Å². The van der Waals surface area contributed by atoms with Crippen molar-refractivity contribution >= 4 is 17.6 Å². The van der Waals surface area contributed by atoms with Crippen LogP contribution in [0.5, 0.6) is 0 Å². The van der Waals surface area contributed by atoms with Gasteiger partial charge in [-0.25, -0.2) is 9.97 Å². The molecule has 1 aromatic heterocycles. The van der Waals surface area contributed by atoms with Crippen LogP contribution in [0.3, 0.4) is 0 Å². The highest BCUT2D eigenvalue weighted by Crippen LogP contribution is 2.32. The van der Waals surface area contributed by atoms with Crippen LogP contribution in [-0.2, 0) is 0 Å². The summed E-state index contributed by atoms with van der Waals surface area (Å²) in [6.45, 7) is 4.44. The first-order valence-electron chi connectivity index (χ1n) is 8.44. The molecule has 124 valence electrons. The van der Waals surface area contributed by atoms with Crippen LogP contribution < -0.4 is 5.32 Å². The molecule has 0 saturated heterocycles. The molecule has 3 rings (SSSR count). The minimum Gasteiger partial charge on any atom is -0.366 e. The lowest BCUT2D eigenvalue weighted by Gasteiger charge is -2.12. The second kappa shape index (κ2) is 7.67. The van der Waals surface area contributed by atoms with E-state index in [0.717, 1.165) is 41.4 Å². The van der Waals surface area contributed by atoms with E-state index in [1.807, 2.05) is 30.3 Å². The predicted molar refractivity (Wildman–Crippen MR) is 99.0 cm³/mol. The lowest BCUT2D eigenvalue weighted by atomic mass is 10.1. The van der Waals surface area contributed by atoms with Crippen molar-refractivity contribution in [3.8, 4) is 17.3 Å². The van der Waals surface area contributed by atoms with Gasteiger partial charge in [0.15, 0.2) is 5.16 Å². The minimum absolute atomic E-state index is 0.448. The van der Waals surface area contributed by atoms with Gasteiger partial charge in [-0.15, -0.1) is 0 Å². The Bertz CT molecular complexity index is 733. The molecule has 1 aliphatic carbocycles. The molecule has 0 aliphatic heterocycles. The summed E-state index contributed by atoms with van der Waals surface area (Å²) >= 11 is 1.67. The lowest BCUT2D eigenvalue weighted by Crippen LogP contribution is -2.09. The van der Waals surface area contributed by atoms with Crippen molar-refractivity contribution in [3.63, 3.8) is 0 Å². The maximum Gasteiger partial charge on any atom is 0.190 e. The summed E-state index contributed by atoms with van der Waals surface area (Å²) in [6, 6.07) is 12.6. The zero-order chi connectivity index (χ0) is 16.9. The molecule has 1 aliphatic rings. The lowest BCUT2D eigenvalue weighted by molar-refractivity contribution is 0.631. The monoisotopic (exact) mass is 338 g/mol. The maximum absolute atomic E-state index is 9.66. The van der Waals surface area contributed by atoms with Crippen molar-refractivity contribution < 1.29 is 0 Å². The van der Waals surface area contributed by atoms with Gasteiger partial charge in [0.2, 0.25) is 0 Å². The molecule has 0 unspecified atom stereocenters. The van der Waals surface area contributed by atoms with Crippen LogP contribution in [0, 0.1) is 17.2 Å². The molecule has 0 amide bonds. The molecule has 0 radical (unpaired) electrons. The van der Waals surface area contributed by atoms with Crippen LogP contribution in [0.1, 0.15) is 38.7 Å². The Morgan fingerprint density at radius 1 is 1.25 bits per heavy atom. The van der Waals surface area contributed by atoms with Crippen LogP contribution in [0.15, 0.2) is 35.5 Å². The van der Waals surface area contributed by atoms with Gasteiger partial charge in [0.1, 0.15) is 17.5 Å². The standard InChI is InChI=1S/C19H22N4S/c1-13(2)10-11-24-19-22-17(14-6-4-3-5-7-14)16(12-20)18(23-19)21-15-8-9-15/h3-7,13,15H,8-11H2,1-2H3,(H,21,22,23). The molecule has 1 saturated carbocycles. The van der Waals surface area contributed by atoms with E-state index in [4.69, 9.17) is 0 Å². The van der Waals surface area contributed by atoms with Gasteiger partial charge < -0.3 is 5.32 Å². The van der Waals surface area contributed by atoms with E-state index in [0.29, 0.717) is 23.3 Å². The largest absolute Gasteiger partial charge is 0.366 e. The van der Waals surface area contributed by atoms with Gasteiger partial charge >= 0.3 is 0 Å². The number of nitrogens with zero attached hydrogens (tertiary/aromatic N) is 3. The van der Waals surface area contributed by atoms with Gasteiger partial charge in [-0.1, -0.05) is 55.9 Å². The molecule has 0 spiro atoms. The zero-order valence-electron chi connectivity index (χ0n) is 14.1. The number of nitriles is 1. The molecule has 24 heavy (non-hydrogen) atoms. The number of hydrogen-bond donors (Lipinski definition) is 1. The second-order valence-electron chi connectivity index (χ2n) is 6.51. The molecule has 1 aromatic carbocycles. The van der Waals surface area contributed by atoms with Crippen molar-refractivity contribution in [2.45, 2.75) is 44.3 Å².